The lowest BCUT2D eigenvalue weighted by atomic mass is 10.2. The summed E-state index contributed by atoms with van der Waals surface area (Å²) < 4.78 is 7.54. The molecule has 2 N–H and O–H groups in total. The van der Waals surface area contributed by atoms with Gasteiger partial charge in [0, 0.05) is 5.69 Å². The minimum Gasteiger partial charge on any atom is -0.465 e. The average Bonchev–Trinajstić information content (AvgIpc) is 3.34. The molecule has 1 unspecified atom stereocenters. The number of hydrogen-bond donors (Lipinski definition) is 2. The van der Waals surface area contributed by atoms with Crippen molar-refractivity contribution in [2.24, 2.45) is 0 Å². The molecule has 2 aromatic carbocycles. The van der Waals surface area contributed by atoms with Gasteiger partial charge in [0.15, 0.2) is 22.3 Å². The summed E-state index contributed by atoms with van der Waals surface area (Å²) in [5.74, 6) is 0.572. The number of halogens is 1. The number of carbonyl (C=O) groups is 1. The molecule has 2 amide bonds. The van der Waals surface area contributed by atoms with Crippen molar-refractivity contribution in [2.45, 2.75) is 13.0 Å². The van der Waals surface area contributed by atoms with E-state index in [0.29, 0.717) is 33.1 Å². The third-order valence-electron chi connectivity index (χ3n) is 5.18. The molecule has 0 radical (unpaired) electrons. The molecule has 1 atom stereocenters. The molecule has 0 spiro atoms. The molecule has 5 aromatic rings. The number of aromatic nitrogens is 5. The maximum atomic E-state index is 13.8. The van der Waals surface area contributed by atoms with E-state index in [0.717, 1.165) is 0 Å². The van der Waals surface area contributed by atoms with Crippen molar-refractivity contribution in [3.8, 4) is 11.6 Å². The van der Waals surface area contributed by atoms with Gasteiger partial charge in [0.05, 0.1) is 34.2 Å². The summed E-state index contributed by atoms with van der Waals surface area (Å²) in [5.41, 5.74) is 5.24. The second-order valence-electron chi connectivity index (χ2n) is 7.50. The zero-order chi connectivity index (χ0) is 25.2. The number of anilines is 1. The first-order valence-electron chi connectivity index (χ1n) is 10.6. The first kappa shape index (κ1) is 23.6. The molecule has 0 bridgehead atoms. The molecule has 11 nitrogen and oxygen atoms in total. The molecular formula is C23H18ClN7O4S. The summed E-state index contributed by atoms with van der Waals surface area (Å²) in [6, 6.07) is 11.2. The first-order valence-corrected chi connectivity index (χ1v) is 11.8. The van der Waals surface area contributed by atoms with E-state index in [4.69, 9.17) is 21.3 Å². The van der Waals surface area contributed by atoms with E-state index >= 15 is 0 Å². The fourth-order valence-corrected chi connectivity index (χ4v) is 4.55. The van der Waals surface area contributed by atoms with Crippen LogP contribution < -0.4 is 21.1 Å². The number of carbonyl (C=O) groups excluding carboxylic acids is 1. The SMILES string of the molecule is CONC(=O)Nc1cccc(-n2c(C(C)Oc3ncnc4scnc34)nc3cccc(Cl)c3c2=O)c1. The Labute approximate surface area is 212 Å². The Morgan fingerprint density at radius 1 is 1.17 bits per heavy atom. The number of thiazole rings is 1. The quantitative estimate of drug-likeness (QED) is 0.315. The zero-order valence-electron chi connectivity index (χ0n) is 18.9. The number of hydrogen-bond acceptors (Lipinski definition) is 9. The van der Waals surface area contributed by atoms with E-state index in [1.807, 2.05) is 0 Å². The molecule has 0 saturated heterocycles. The number of fused-ring (bicyclic) bond motifs is 2. The minimum absolute atomic E-state index is 0.259. The maximum Gasteiger partial charge on any atom is 0.343 e. The zero-order valence-corrected chi connectivity index (χ0v) is 20.5. The van der Waals surface area contributed by atoms with Gasteiger partial charge in [-0.3, -0.25) is 14.2 Å². The van der Waals surface area contributed by atoms with Gasteiger partial charge in [-0.2, -0.15) is 4.98 Å². The van der Waals surface area contributed by atoms with Gasteiger partial charge in [0.2, 0.25) is 5.88 Å². The Morgan fingerprint density at radius 2 is 2.00 bits per heavy atom. The Morgan fingerprint density at radius 3 is 2.83 bits per heavy atom. The highest BCUT2D eigenvalue weighted by Gasteiger charge is 2.22. The molecule has 0 saturated carbocycles. The Balaban J connectivity index is 1.65. The van der Waals surface area contributed by atoms with Crippen LogP contribution in [-0.4, -0.2) is 37.6 Å². The molecule has 0 aliphatic rings. The molecule has 0 aliphatic carbocycles. The van der Waals surface area contributed by atoms with Crippen molar-refractivity contribution in [1.82, 2.24) is 30.0 Å². The summed E-state index contributed by atoms with van der Waals surface area (Å²) in [4.78, 5) is 48.4. The lowest BCUT2D eigenvalue weighted by Gasteiger charge is -2.20. The normalized spacial score (nSPS) is 12.0. The fourth-order valence-electron chi connectivity index (χ4n) is 3.68. The lowest BCUT2D eigenvalue weighted by molar-refractivity contribution is 0.114. The van der Waals surface area contributed by atoms with Gasteiger partial charge in [-0.15, -0.1) is 11.3 Å². The van der Waals surface area contributed by atoms with Crippen LogP contribution in [0.4, 0.5) is 10.5 Å². The standard InChI is InChI=1S/C23H18ClN7O4S/c1-12(35-20-18-21(26-10-25-20)36-11-27-18)19-29-16-8-4-7-15(24)17(16)22(32)31(19)14-6-3-5-13(9-14)28-23(33)30-34-2/h3-12H,1-2H3,(H2,28,30,33). The topological polar surface area (TPSA) is 133 Å². The third kappa shape index (κ3) is 4.44. The molecule has 36 heavy (non-hydrogen) atoms. The lowest BCUT2D eigenvalue weighted by Crippen LogP contribution is -2.28. The Kier molecular flexibility index (Phi) is 6.46. The monoisotopic (exact) mass is 523 g/mol. The van der Waals surface area contributed by atoms with E-state index in [-0.39, 0.29) is 16.3 Å². The van der Waals surface area contributed by atoms with E-state index in [9.17, 15) is 9.59 Å². The second kappa shape index (κ2) is 9.85. The van der Waals surface area contributed by atoms with Crippen LogP contribution in [0.15, 0.2) is 59.1 Å². The van der Waals surface area contributed by atoms with E-state index in [2.05, 4.69) is 30.6 Å². The number of benzene rings is 2. The smallest absolute Gasteiger partial charge is 0.343 e. The van der Waals surface area contributed by atoms with E-state index in [1.54, 1.807) is 54.9 Å². The molecule has 3 aromatic heterocycles. The predicted molar refractivity (Wildman–Crippen MR) is 136 cm³/mol. The number of ether oxygens (including phenoxy) is 1. The maximum absolute atomic E-state index is 13.8. The van der Waals surface area contributed by atoms with Gasteiger partial charge in [-0.1, -0.05) is 23.7 Å². The first-order chi connectivity index (χ1) is 17.5. The van der Waals surface area contributed by atoms with Gasteiger partial charge in [0.1, 0.15) is 6.33 Å². The highest BCUT2D eigenvalue weighted by atomic mass is 35.5. The van der Waals surface area contributed by atoms with Gasteiger partial charge in [0.25, 0.3) is 5.56 Å². The minimum atomic E-state index is -0.728. The van der Waals surface area contributed by atoms with Gasteiger partial charge in [-0.05, 0) is 37.3 Å². The number of nitrogens with zero attached hydrogens (tertiary/aromatic N) is 5. The molecule has 5 rings (SSSR count). The number of amides is 2. The number of hydroxylamine groups is 1. The third-order valence-corrected chi connectivity index (χ3v) is 6.23. The summed E-state index contributed by atoms with van der Waals surface area (Å²) in [7, 11) is 1.32. The summed E-state index contributed by atoms with van der Waals surface area (Å²) in [6.45, 7) is 1.75. The van der Waals surface area contributed by atoms with Crippen molar-refractivity contribution in [3.63, 3.8) is 0 Å². The van der Waals surface area contributed by atoms with Crippen molar-refractivity contribution in [2.75, 3.05) is 12.4 Å². The fraction of sp³-hybridized carbons (Fsp3) is 0.130. The van der Waals surface area contributed by atoms with Crippen molar-refractivity contribution in [1.29, 1.82) is 0 Å². The molecule has 3 heterocycles. The molecule has 13 heteroatoms. The van der Waals surface area contributed by atoms with Crippen molar-refractivity contribution >= 4 is 55.9 Å². The largest absolute Gasteiger partial charge is 0.465 e. The summed E-state index contributed by atoms with van der Waals surface area (Å²) in [6.07, 6.45) is 0.665. The molecular weight excluding hydrogens is 506 g/mol. The highest BCUT2D eigenvalue weighted by molar-refractivity contribution is 7.16. The van der Waals surface area contributed by atoms with Crippen LogP contribution in [0.3, 0.4) is 0 Å². The van der Waals surface area contributed by atoms with Crippen LogP contribution in [0.2, 0.25) is 5.02 Å². The summed E-state index contributed by atoms with van der Waals surface area (Å²) >= 11 is 7.75. The van der Waals surface area contributed by atoms with Crippen LogP contribution in [0.1, 0.15) is 18.9 Å². The van der Waals surface area contributed by atoms with Crippen LogP contribution in [0.25, 0.3) is 26.9 Å². The highest BCUT2D eigenvalue weighted by Crippen LogP contribution is 2.29. The Hall–Kier alpha value is -4.13. The predicted octanol–water partition coefficient (Wildman–Crippen LogP) is 4.26. The molecule has 0 fully saturated rings. The van der Waals surface area contributed by atoms with Crippen LogP contribution in [-0.2, 0) is 4.84 Å². The average molecular weight is 524 g/mol. The van der Waals surface area contributed by atoms with Gasteiger partial charge in [-0.25, -0.2) is 25.2 Å². The van der Waals surface area contributed by atoms with Crippen molar-refractivity contribution in [3.05, 3.63) is 75.5 Å². The van der Waals surface area contributed by atoms with E-state index in [1.165, 1.54) is 29.3 Å². The van der Waals surface area contributed by atoms with Gasteiger partial charge < -0.3 is 10.1 Å². The van der Waals surface area contributed by atoms with E-state index < -0.39 is 17.7 Å². The van der Waals surface area contributed by atoms with Crippen LogP contribution in [0, 0.1) is 0 Å². The number of rotatable bonds is 6. The number of nitrogens with one attached hydrogen (secondary N) is 2. The Bertz CT molecular complexity index is 1660. The van der Waals surface area contributed by atoms with Gasteiger partial charge >= 0.3 is 6.03 Å². The number of urea groups is 1. The van der Waals surface area contributed by atoms with Crippen molar-refractivity contribution < 1.29 is 14.4 Å². The molecule has 182 valence electrons. The van der Waals surface area contributed by atoms with Crippen LogP contribution in [0.5, 0.6) is 5.88 Å². The van der Waals surface area contributed by atoms with Crippen LogP contribution >= 0.6 is 22.9 Å². The second-order valence-corrected chi connectivity index (χ2v) is 8.74. The summed E-state index contributed by atoms with van der Waals surface area (Å²) in [5, 5.41) is 3.16. The molecule has 0 aliphatic heterocycles.